The fourth-order valence-electron chi connectivity index (χ4n) is 3.82. The van der Waals surface area contributed by atoms with E-state index in [1.54, 1.807) is 67.6 Å². The first-order valence-corrected chi connectivity index (χ1v) is 12.7. The highest BCUT2D eigenvalue weighted by molar-refractivity contribution is 5.95. The van der Waals surface area contributed by atoms with E-state index < -0.39 is 60.2 Å². The van der Waals surface area contributed by atoms with E-state index >= 15 is 0 Å². The van der Waals surface area contributed by atoms with Crippen LogP contribution in [0.25, 0.3) is 0 Å². The Morgan fingerprint density at radius 3 is 1.62 bits per heavy atom. The summed E-state index contributed by atoms with van der Waals surface area (Å²) < 4.78 is 0. The molecule has 0 spiro atoms. The largest absolute Gasteiger partial charge is 0.481 e. The highest BCUT2D eigenvalue weighted by atomic mass is 16.4. The van der Waals surface area contributed by atoms with Crippen LogP contribution >= 0.6 is 0 Å². The molecule has 7 N–H and O–H groups in total. The van der Waals surface area contributed by atoms with Crippen molar-refractivity contribution in [3.63, 3.8) is 0 Å². The molecule has 0 saturated heterocycles. The summed E-state index contributed by atoms with van der Waals surface area (Å²) in [5.41, 5.74) is 7.30. The highest BCUT2D eigenvalue weighted by Gasteiger charge is 2.32. The van der Waals surface area contributed by atoms with Gasteiger partial charge in [0, 0.05) is 12.8 Å². The van der Waals surface area contributed by atoms with Crippen molar-refractivity contribution in [2.75, 3.05) is 0 Å². The molecule has 0 aliphatic carbocycles. The number of rotatable bonds is 15. The average Bonchev–Trinajstić information content (AvgIpc) is 2.91. The van der Waals surface area contributed by atoms with Crippen LogP contribution in [0.3, 0.4) is 0 Å². The Bertz CT molecular complexity index is 1130. The first-order valence-electron chi connectivity index (χ1n) is 12.7. The molecular weight excluding hydrogens is 504 g/mol. The van der Waals surface area contributed by atoms with Crippen LogP contribution in [0.5, 0.6) is 0 Å². The minimum Gasteiger partial charge on any atom is -0.481 e. The number of nitrogens with two attached hydrogens (primary N) is 1. The van der Waals surface area contributed by atoms with Gasteiger partial charge in [-0.1, -0.05) is 80.9 Å². The molecule has 2 aromatic carbocycles. The summed E-state index contributed by atoms with van der Waals surface area (Å²) in [6, 6.07) is 12.5. The van der Waals surface area contributed by atoms with Crippen molar-refractivity contribution in [3.8, 4) is 0 Å². The van der Waals surface area contributed by atoms with Crippen LogP contribution in [0, 0.1) is 5.92 Å². The second-order valence-electron chi connectivity index (χ2n) is 9.41. The van der Waals surface area contributed by atoms with E-state index in [2.05, 4.69) is 16.0 Å². The summed E-state index contributed by atoms with van der Waals surface area (Å²) in [5, 5.41) is 26.4. The second-order valence-corrected chi connectivity index (χ2v) is 9.41. The Morgan fingerprint density at radius 2 is 1.15 bits per heavy atom. The number of carboxylic acids is 2. The Kier molecular flexibility index (Phi) is 12.1. The van der Waals surface area contributed by atoms with Gasteiger partial charge in [0.05, 0.1) is 12.5 Å². The molecule has 3 amide bonds. The third kappa shape index (κ3) is 10.2. The normalized spacial score (nSPS) is 14.6. The van der Waals surface area contributed by atoms with E-state index in [1.165, 1.54) is 0 Å². The van der Waals surface area contributed by atoms with Crippen LogP contribution in [0.1, 0.15) is 37.8 Å². The van der Waals surface area contributed by atoms with Gasteiger partial charge in [0.2, 0.25) is 17.7 Å². The van der Waals surface area contributed by atoms with E-state index in [9.17, 15) is 34.2 Å². The van der Waals surface area contributed by atoms with Gasteiger partial charge in [-0.25, -0.2) is 4.79 Å². The van der Waals surface area contributed by atoms with Crippen LogP contribution in [-0.2, 0) is 36.8 Å². The number of carbonyl (C=O) groups is 5. The van der Waals surface area contributed by atoms with Gasteiger partial charge in [-0.15, -0.1) is 0 Å². The van der Waals surface area contributed by atoms with Crippen molar-refractivity contribution >= 4 is 29.7 Å². The zero-order chi connectivity index (χ0) is 28.9. The number of benzene rings is 2. The summed E-state index contributed by atoms with van der Waals surface area (Å²) in [6.45, 7) is 3.60. The molecule has 5 unspecified atom stereocenters. The number of hydrogen-bond acceptors (Lipinski definition) is 6. The molecule has 11 heteroatoms. The quantitative estimate of drug-likeness (QED) is 0.192. The van der Waals surface area contributed by atoms with Crippen molar-refractivity contribution in [1.82, 2.24) is 16.0 Å². The maximum absolute atomic E-state index is 13.3. The first kappa shape index (κ1) is 31.0. The Balaban J connectivity index is 2.26. The first-order chi connectivity index (χ1) is 18.5. The topological polar surface area (TPSA) is 188 Å². The van der Waals surface area contributed by atoms with Gasteiger partial charge < -0.3 is 31.9 Å². The van der Waals surface area contributed by atoms with Gasteiger partial charge in [0.1, 0.15) is 18.1 Å². The summed E-state index contributed by atoms with van der Waals surface area (Å²) in [4.78, 5) is 62.4. The van der Waals surface area contributed by atoms with Gasteiger partial charge in [0.15, 0.2) is 0 Å². The number of carboxylic acid groups (broad SMARTS) is 2. The molecule has 0 radical (unpaired) electrons. The molecule has 2 rings (SSSR count). The molecule has 0 aliphatic heterocycles. The fraction of sp³-hybridized carbons (Fsp3) is 0.393. The number of aliphatic carboxylic acids is 2. The Labute approximate surface area is 227 Å². The van der Waals surface area contributed by atoms with E-state index in [1.807, 2.05) is 6.92 Å². The lowest BCUT2D eigenvalue weighted by molar-refractivity contribution is -0.143. The maximum Gasteiger partial charge on any atom is 0.326 e. The number of amides is 3. The van der Waals surface area contributed by atoms with Crippen molar-refractivity contribution in [1.29, 1.82) is 0 Å². The van der Waals surface area contributed by atoms with Crippen molar-refractivity contribution in [3.05, 3.63) is 71.8 Å². The maximum atomic E-state index is 13.3. The Morgan fingerprint density at radius 1 is 0.718 bits per heavy atom. The zero-order valence-corrected chi connectivity index (χ0v) is 22.0. The molecule has 5 atom stereocenters. The summed E-state index contributed by atoms with van der Waals surface area (Å²) in [7, 11) is 0. The lowest BCUT2D eigenvalue weighted by Crippen LogP contribution is -2.58. The van der Waals surface area contributed by atoms with Gasteiger partial charge >= 0.3 is 11.9 Å². The van der Waals surface area contributed by atoms with E-state index in [-0.39, 0.29) is 18.8 Å². The van der Waals surface area contributed by atoms with Crippen molar-refractivity contribution in [2.45, 2.75) is 63.7 Å². The van der Waals surface area contributed by atoms with Crippen molar-refractivity contribution in [2.24, 2.45) is 11.7 Å². The van der Waals surface area contributed by atoms with Crippen LogP contribution in [0.2, 0.25) is 0 Å². The predicted molar refractivity (Wildman–Crippen MR) is 143 cm³/mol. The van der Waals surface area contributed by atoms with Crippen LogP contribution < -0.4 is 21.7 Å². The minimum atomic E-state index is -1.50. The van der Waals surface area contributed by atoms with Crippen LogP contribution in [0.15, 0.2) is 60.7 Å². The van der Waals surface area contributed by atoms with Gasteiger partial charge in [-0.2, -0.15) is 0 Å². The fourth-order valence-corrected chi connectivity index (χ4v) is 3.82. The number of carbonyl (C=O) groups excluding carboxylic acids is 3. The van der Waals surface area contributed by atoms with Gasteiger partial charge in [-0.05, 0) is 17.0 Å². The van der Waals surface area contributed by atoms with Gasteiger partial charge in [-0.3, -0.25) is 19.2 Å². The summed E-state index contributed by atoms with van der Waals surface area (Å²) in [6.07, 6.45) is -0.136. The molecule has 210 valence electrons. The van der Waals surface area contributed by atoms with Crippen molar-refractivity contribution < 1.29 is 34.2 Å². The van der Waals surface area contributed by atoms with Gasteiger partial charge in [0.25, 0.3) is 0 Å². The van der Waals surface area contributed by atoms with E-state index in [0.717, 1.165) is 0 Å². The van der Waals surface area contributed by atoms with E-state index in [0.29, 0.717) is 17.5 Å². The molecule has 0 saturated carbocycles. The number of hydrogen-bond donors (Lipinski definition) is 6. The van der Waals surface area contributed by atoms with Crippen LogP contribution in [0.4, 0.5) is 0 Å². The monoisotopic (exact) mass is 540 g/mol. The summed E-state index contributed by atoms with van der Waals surface area (Å²) in [5.74, 6) is -5.19. The summed E-state index contributed by atoms with van der Waals surface area (Å²) >= 11 is 0. The molecular formula is C28H36N4O7. The van der Waals surface area contributed by atoms with Crippen LogP contribution in [-0.4, -0.2) is 64.0 Å². The Hall–Kier alpha value is -4.25. The standard InChI is InChI=1S/C28H36N4O7/c1-3-17(2)24(29)27(37)31-21(16-23(33)34)26(36)30-20(14-18-10-6-4-7-11-18)25(35)32-22(28(38)39)15-19-12-8-5-9-13-19/h4-13,17,20-22,24H,3,14-16,29H2,1-2H3,(H,30,36)(H,31,37)(H,32,35)(H,33,34)(H,38,39). The third-order valence-corrected chi connectivity index (χ3v) is 6.38. The molecule has 0 fully saturated rings. The third-order valence-electron chi connectivity index (χ3n) is 6.38. The molecule has 39 heavy (non-hydrogen) atoms. The lowest BCUT2D eigenvalue weighted by Gasteiger charge is -2.25. The highest BCUT2D eigenvalue weighted by Crippen LogP contribution is 2.09. The molecule has 0 heterocycles. The molecule has 2 aromatic rings. The SMILES string of the molecule is CCC(C)C(N)C(=O)NC(CC(=O)O)C(=O)NC(Cc1ccccc1)C(=O)NC(Cc1ccccc1)C(=O)O. The number of nitrogens with one attached hydrogen (secondary N) is 3. The second kappa shape index (κ2) is 15.2. The zero-order valence-electron chi connectivity index (χ0n) is 22.0. The molecule has 0 bridgehead atoms. The lowest BCUT2D eigenvalue weighted by atomic mass is 9.98. The average molecular weight is 541 g/mol. The molecule has 11 nitrogen and oxygen atoms in total. The van der Waals surface area contributed by atoms with E-state index in [4.69, 9.17) is 5.73 Å². The predicted octanol–water partition coefficient (Wildman–Crippen LogP) is 0.859. The smallest absolute Gasteiger partial charge is 0.326 e. The minimum absolute atomic E-state index is 0.00376. The molecule has 0 aliphatic rings. The molecule has 0 aromatic heterocycles.